The summed E-state index contributed by atoms with van der Waals surface area (Å²) in [5.74, 6) is -1.56. The summed E-state index contributed by atoms with van der Waals surface area (Å²) in [5.41, 5.74) is 1.41. The van der Waals surface area contributed by atoms with Crippen LogP contribution >= 0.6 is 0 Å². The Kier molecular flexibility index (Phi) is 4.60. The summed E-state index contributed by atoms with van der Waals surface area (Å²) in [6, 6.07) is 7.47. The van der Waals surface area contributed by atoms with E-state index in [1.165, 1.54) is 7.11 Å². The number of hydrogen-bond acceptors (Lipinski definition) is 5. The summed E-state index contributed by atoms with van der Waals surface area (Å²) in [5, 5.41) is 2.88. The predicted octanol–water partition coefficient (Wildman–Crippen LogP) is 1.09. The molecule has 1 heterocycles. The van der Waals surface area contributed by atoms with Gasteiger partial charge >= 0.3 is 5.97 Å². The van der Waals surface area contributed by atoms with Crippen LogP contribution in [0.15, 0.2) is 41.6 Å². The Morgan fingerprint density at radius 3 is 2.45 bits per heavy atom. The van der Waals surface area contributed by atoms with E-state index in [2.05, 4.69) is 5.32 Å². The van der Waals surface area contributed by atoms with E-state index in [-0.39, 0.29) is 6.42 Å². The number of allylic oxidation sites excluding steroid dienone is 1. The highest BCUT2D eigenvalue weighted by Gasteiger charge is 2.45. The number of ether oxygens (including phenoxy) is 1. The van der Waals surface area contributed by atoms with Crippen LogP contribution < -0.4 is 5.32 Å². The van der Waals surface area contributed by atoms with E-state index < -0.39 is 23.8 Å². The zero-order valence-electron chi connectivity index (χ0n) is 12.8. The van der Waals surface area contributed by atoms with Gasteiger partial charge in [-0.2, -0.15) is 0 Å². The van der Waals surface area contributed by atoms with Crippen molar-refractivity contribution in [1.29, 1.82) is 0 Å². The molecule has 0 aromatic heterocycles. The average molecular weight is 302 g/mol. The summed E-state index contributed by atoms with van der Waals surface area (Å²) in [6.07, 6.45) is 0.150. The fourth-order valence-corrected chi connectivity index (χ4v) is 2.40. The zero-order valence-corrected chi connectivity index (χ0v) is 12.8. The van der Waals surface area contributed by atoms with Crippen molar-refractivity contribution in [2.24, 2.45) is 0 Å². The maximum Gasteiger partial charge on any atom is 0.329 e. The molecule has 1 aromatic rings. The minimum absolute atomic E-state index is 0.150. The molecule has 2 rings (SSSR count). The second-order valence-electron chi connectivity index (χ2n) is 4.94. The summed E-state index contributed by atoms with van der Waals surface area (Å²) < 4.78 is 4.73. The van der Waals surface area contributed by atoms with Crippen LogP contribution in [0.2, 0.25) is 0 Å². The topological polar surface area (TPSA) is 75.7 Å². The summed E-state index contributed by atoms with van der Waals surface area (Å²) >= 11 is 0. The Bertz CT molecular complexity index is 637. The Labute approximate surface area is 128 Å². The molecule has 116 valence electrons. The zero-order chi connectivity index (χ0) is 16.3. The van der Waals surface area contributed by atoms with Crippen molar-refractivity contribution in [2.45, 2.75) is 19.4 Å². The fraction of sp³-hybridized carbons (Fsp3) is 0.312. The largest absolute Gasteiger partial charge is 0.467 e. The second kappa shape index (κ2) is 6.43. The van der Waals surface area contributed by atoms with Crippen molar-refractivity contribution < 1.29 is 19.1 Å². The highest BCUT2D eigenvalue weighted by Crippen LogP contribution is 2.28. The molecular weight excluding hydrogens is 284 g/mol. The lowest BCUT2D eigenvalue weighted by Gasteiger charge is -2.20. The number of esters is 1. The molecule has 1 saturated heterocycles. The Balaban J connectivity index is 2.43. The van der Waals surface area contributed by atoms with Crippen molar-refractivity contribution in [3.05, 3.63) is 47.2 Å². The van der Waals surface area contributed by atoms with Crippen LogP contribution in [-0.2, 0) is 14.3 Å². The molecule has 1 aliphatic rings. The molecule has 0 spiro atoms. The summed E-state index contributed by atoms with van der Waals surface area (Å²) in [7, 11) is 2.93. The van der Waals surface area contributed by atoms with E-state index >= 15 is 0 Å². The molecule has 6 heteroatoms. The van der Waals surface area contributed by atoms with Gasteiger partial charge in [0.2, 0.25) is 0 Å². The fourth-order valence-electron chi connectivity index (χ4n) is 2.40. The summed E-state index contributed by atoms with van der Waals surface area (Å²) in [4.78, 5) is 38.1. The first-order valence-corrected chi connectivity index (χ1v) is 6.89. The number of methoxy groups -OCH3 is 1. The third kappa shape index (κ3) is 2.72. The highest BCUT2D eigenvalue weighted by atomic mass is 16.5. The molecule has 1 N–H and O–H groups in total. The van der Waals surface area contributed by atoms with Crippen LogP contribution in [0.3, 0.4) is 0 Å². The number of amides is 2. The number of carbonyl (C=O) groups excluding carboxylic acids is 3. The smallest absolute Gasteiger partial charge is 0.329 e. The highest BCUT2D eigenvalue weighted by molar-refractivity contribution is 6.14. The van der Waals surface area contributed by atoms with E-state index in [1.807, 2.05) is 0 Å². The third-order valence-corrected chi connectivity index (χ3v) is 3.73. The van der Waals surface area contributed by atoms with Gasteiger partial charge in [-0.1, -0.05) is 18.2 Å². The number of likely N-dealkylation sites (tertiary alicyclic amines) is 1. The molecule has 1 fully saturated rings. The molecule has 0 saturated carbocycles. The van der Waals surface area contributed by atoms with Crippen LogP contribution in [0, 0.1) is 0 Å². The van der Waals surface area contributed by atoms with Crippen LogP contribution in [0.1, 0.15) is 23.7 Å². The van der Waals surface area contributed by atoms with E-state index in [9.17, 15) is 14.4 Å². The minimum atomic E-state index is -0.927. The first-order valence-electron chi connectivity index (χ1n) is 6.89. The molecule has 0 bridgehead atoms. The number of imide groups is 1. The second-order valence-corrected chi connectivity index (χ2v) is 4.94. The lowest BCUT2D eigenvalue weighted by atomic mass is 10.1. The number of carbonyl (C=O) groups is 3. The SMILES string of the molecule is CN/C(C)=C1\C[C@@H](C(=O)OC)N(C(=O)c2ccccc2)C1=O. The van der Waals surface area contributed by atoms with Crippen LogP contribution in [0.4, 0.5) is 0 Å². The van der Waals surface area contributed by atoms with Gasteiger partial charge in [0.05, 0.1) is 7.11 Å². The van der Waals surface area contributed by atoms with Gasteiger partial charge < -0.3 is 10.1 Å². The maximum absolute atomic E-state index is 12.6. The number of nitrogens with zero attached hydrogens (tertiary/aromatic N) is 1. The number of rotatable bonds is 3. The molecule has 0 aliphatic carbocycles. The molecule has 1 aliphatic heterocycles. The van der Waals surface area contributed by atoms with Gasteiger partial charge in [-0.25, -0.2) is 4.79 Å². The van der Waals surface area contributed by atoms with E-state index in [1.54, 1.807) is 44.3 Å². The van der Waals surface area contributed by atoms with Gasteiger partial charge in [-0.3, -0.25) is 14.5 Å². The van der Waals surface area contributed by atoms with Gasteiger partial charge in [0.1, 0.15) is 6.04 Å². The molecule has 0 unspecified atom stereocenters. The van der Waals surface area contributed by atoms with Crippen LogP contribution in [0.25, 0.3) is 0 Å². The van der Waals surface area contributed by atoms with E-state index in [0.717, 1.165) is 4.90 Å². The molecule has 0 radical (unpaired) electrons. The Hall–Kier alpha value is -2.63. The monoisotopic (exact) mass is 302 g/mol. The van der Waals surface area contributed by atoms with Gasteiger partial charge in [0, 0.05) is 30.3 Å². The van der Waals surface area contributed by atoms with E-state index in [4.69, 9.17) is 4.74 Å². The quantitative estimate of drug-likeness (QED) is 0.514. The number of nitrogens with one attached hydrogen (secondary N) is 1. The number of hydrogen-bond donors (Lipinski definition) is 1. The lowest BCUT2D eigenvalue weighted by Crippen LogP contribution is -2.43. The van der Waals surface area contributed by atoms with Crippen molar-refractivity contribution in [2.75, 3.05) is 14.2 Å². The molecule has 6 nitrogen and oxygen atoms in total. The van der Waals surface area contributed by atoms with Gasteiger partial charge in [0.25, 0.3) is 11.8 Å². The van der Waals surface area contributed by atoms with Crippen molar-refractivity contribution >= 4 is 17.8 Å². The first kappa shape index (κ1) is 15.8. The third-order valence-electron chi connectivity index (χ3n) is 3.73. The molecular formula is C16H18N2O4. The number of benzene rings is 1. The van der Waals surface area contributed by atoms with Gasteiger partial charge in [-0.05, 0) is 19.1 Å². The summed E-state index contributed by atoms with van der Waals surface area (Å²) in [6.45, 7) is 1.73. The van der Waals surface area contributed by atoms with Gasteiger partial charge in [-0.15, -0.1) is 0 Å². The molecule has 22 heavy (non-hydrogen) atoms. The Morgan fingerprint density at radius 1 is 1.27 bits per heavy atom. The molecule has 1 atom stereocenters. The van der Waals surface area contributed by atoms with Crippen LogP contribution in [-0.4, -0.2) is 42.9 Å². The normalized spacial score (nSPS) is 19.9. The first-order chi connectivity index (χ1) is 10.5. The van der Waals surface area contributed by atoms with Crippen molar-refractivity contribution in [1.82, 2.24) is 10.2 Å². The molecule has 2 amide bonds. The minimum Gasteiger partial charge on any atom is -0.467 e. The van der Waals surface area contributed by atoms with E-state index in [0.29, 0.717) is 16.8 Å². The molecule has 1 aromatic carbocycles. The standard InChI is InChI=1S/C16H18N2O4/c1-10(17-2)12-9-13(16(21)22-3)18(15(12)20)14(19)11-7-5-4-6-8-11/h4-8,13,17H,9H2,1-3H3/b12-10+/t13-/m0/s1. The average Bonchev–Trinajstić information content (AvgIpc) is 2.90. The Morgan fingerprint density at radius 2 is 1.91 bits per heavy atom. The lowest BCUT2D eigenvalue weighted by molar-refractivity contribution is -0.147. The maximum atomic E-state index is 12.6. The van der Waals surface area contributed by atoms with Crippen LogP contribution in [0.5, 0.6) is 0 Å². The predicted molar refractivity (Wildman–Crippen MR) is 79.8 cm³/mol. The van der Waals surface area contributed by atoms with Gasteiger partial charge in [0.15, 0.2) is 0 Å². The van der Waals surface area contributed by atoms with Crippen molar-refractivity contribution in [3.8, 4) is 0 Å². The van der Waals surface area contributed by atoms with Crippen molar-refractivity contribution in [3.63, 3.8) is 0 Å².